The summed E-state index contributed by atoms with van der Waals surface area (Å²) in [6.45, 7) is 1.89. The largest absolute Gasteiger partial charge is 0.454 e. The molecule has 0 aliphatic carbocycles. The van der Waals surface area contributed by atoms with Crippen LogP contribution >= 0.6 is 0 Å². The molecule has 2 aromatic heterocycles. The van der Waals surface area contributed by atoms with Crippen molar-refractivity contribution >= 4 is 22.9 Å². The number of hydrogen-bond acceptors (Lipinski definition) is 4. The van der Waals surface area contributed by atoms with Crippen molar-refractivity contribution in [1.82, 2.24) is 14.9 Å². The summed E-state index contributed by atoms with van der Waals surface area (Å²) >= 11 is 0. The van der Waals surface area contributed by atoms with Crippen LogP contribution in [0.15, 0.2) is 79.1 Å². The number of ether oxygens (including phenoxy) is 2. The zero-order valence-electron chi connectivity index (χ0n) is 19.7. The summed E-state index contributed by atoms with van der Waals surface area (Å²) in [7, 11) is 0. The number of pyridine rings is 1. The summed E-state index contributed by atoms with van der Waals surface area (Å²) in [6, 6.07) is 20.7. The van der Waals surface area contributed by atoms with E-state index in [1.165, 1.54) is 16.8 Å². The van der Waals surface area contributed by atoms with Gasteiger partial charge in [-0.3, -0.25) is 9.78 Å². The number of amides is 1. The third-order valence-corrected chi connectivity index (χ3v) is 6.18. The van der Waals surface area contributed by atoms with Gasteiger partial charge in [0.2, 0.25) is 12.7 Å². The third-order valence-electron chi connectivity index (χ3n) is 6.18. The monoisotopic (exact) mass is 467 g/mol. The molecule has 6 nitrogen and oxygen atoms in total. The van der Waals surface area contributed by atoms with E-state index in [1.54, 1.807) is 24.5 Å². The van der Waals surface area contributed by atoms with Crippen LogP contribution in [0.2, 0.25) is 0 Å². The third kappa shape index (κ3) is 5.54. The number of fused-ring (bicyclic) bond motifs is 2. The average molecular weight is 468 g/mol. The first-order valence-corrected chi connectivity index (χ1v) is 12.1. The fraction of sp³-hybridized carbons (Fsp3) is 0.241. The van der Waals surface area contributed by atoms with E-state index >= 15 is 0 Å². The molecule has 1 aliphatic heterocycles. The maximum Gasteiger partial charge on any atom is 0.243 e. The number of nitrogens with one attached hydrogen (secondary N) is 1. The molecule has 4 aromatic rings. The van der Waals surface area contributed by atoms with E-state index in [4.69, 9.17) is 9.47 Å². The van der Waals surface area contributed by atoms with E-state index in [-0.39, 0.29) is 12.7 Å². The molecule has 35 heavy (non-hydrogen) atoms. The Morgan fingerprint density at radius 3 is 2.63 bits per heavy atom. The van der Waals surface area contributed by atoms with Crippen molar-refractivity contribution < 1.29 is 14.3 Å². The van der Waals surface area contributed by atoms with Gasteiger partial charge in [-0.1, -0.05) is 49.2 Å². The van der Waals surface area contributed by atoms with E-state index in [9.17, 15) is 4.79 Å². The van der Waals surface area contributed by atoms with Gasteiger partial charge in [-0.25, -0.2) is 0 Å². The Labute approximate surface area is 205 Å². The van der Waals surface area contributed by atoms with E-state index in [0.29, 0.717) is 6.54 Å². The minimum atomic E-state index is -0.0705. The summed E-state index contributed by atoms with van der Waals surface area (Å²) in [5, 5.41) is 4.12. The highest BCUT2D eigenvalue weighted by Crippen LogP contribution is 2.39. The van der Waals surface area contributed by atoms with Crippen molar-refractivity contribution in [3.05, 3.63) is 84.7 Å². The molecule has 2 aromatic carbocycles. The summed E-state index contributed by atoms with van der Waals surface area (Å²) in [5.41, 5.74) is 4.49. The lowest BCUT2D eigenvalue weighted by Gasteiger charge is -2.11. The molecule has 1 N–H and O–H groups in total. The Balaban J connectivity index is 1.14. The molecule has 0 saturated heterocycles. The van der Waals surface area contributed by atoms with Gasteiger partial charge in [0.05, 0.1) is 5.52 Å². The molecule has 3 heterocycles. The highest BCUT2D eigenvalue weighted by Gasteiger charge is 2.18. The predicted octanol–water partition coefficient (Wildman–Crippen LogP) is 5.82. The van der Waals surface area contributed by atoms with Gasteiger partial charge in [0.1, 0.15) is 0 Å². The highest BCUT2D eigenvalue weighted by molar-refractivity contribution is 5.91. The van der Waals surface area contributed by atoms with Crippen molar-refractivity contribution in [2.75, 3.05) is 13.3 Å². The van der Waals surface area contributed by atoms with E-state index in [1.807, 2.05) is 18.2 Å². The van der Waals surface area contributed by atoms with E-state index < -0.39 is 0 Å². The first-order chi connectivity index (χ1) is 17.3. The van der Waals surface area contributed by atoms with Crippen molar-refractivity contribution in [3.63, 3.8) is 0 Å². The molecule has 0 atom stereocenters. The second-order valence-electron chi connectivity index (χ2n) is 8.64. The molecule has 1 aliphatic rings. The second kappa shape index (κ2) is 10.9. The highest BCUT2D eigenvalue weighted by atomic mass is 16.7. The number of unbranched alkanes of at least 4 members (excludes halogenated alkanes) is 3. The van der Waals surface area contributed by atoms with E-state index in [0.717, 1.165) is 54.7 Å². The van der Waals surface area contributed by atoms with Gasteiger partial charge in [0, 0.05) is 48.7 Å². The van der Waals surface area contributed by atoms with Crippen molar-refractivity contribution in [2.24, 2.45) is 0 Å². The fourth-order valence-electron chi connectivity index (χ4n) is 4.41. The van der Waals surface area contributed by atoms with Crippen molar-refractivity contribution in [3.8, 4) is 22.8 Å². The Kier molecular flexibility index (Phi) is 7.08. The van der Waals surface area contributed by atoms with Crippen molar-refractivity contribution in [1.29, 1.82) is 0 Å². The second-order valence-corrected chi connectivity index (χ2v) is 8.64. The summed E-state index contributed by atoms with van der Waals surface area (Å²) < 4.78 is 13.6. The van der Waals surface area contributed by atoms with Gasteiger partial charge in [0.25, 0.3) is 0 Å². The maximum atomic E-state index is 12.0. The smallest absolute Gasteiger partial charge is 0.243 e. The van der Waals surface area contributed by atoms with Gasteiger partial charge in [0.15, 0.2) is 11.5 Å². The fourth-order valence-corrected chi connectivity index (χ4v) is 4.41. The number of nitrogens with zero attached hydrogens (tertiary/aromatic N) is 2. The minimum absolute atomic E-state index is 0.0705. The van der Waals surface area contributed by atoms with Gasteiger partial charge in [-0.2, -0.15) is 0 Å². The first-order valence-electron chi connectivity index (χ1n) is 12.1. The van der Waals surface area contributed by atoms with Crippen LogP contribution in [0.25, 0.3) is 28.2 Å². The van der Waals surface area contributed by atoms with Crippen LogP contribution in [0.3, 0.4) is 0 Å². The summed E-state index contributed by atoms with van der Waals surface area (Å²) in [6.07, 6.45) is 11.0. The maximum absolute atomic E-state index is 12.0. The number of aromatic nitrogens is 2. The van der Waals surface area contributed by atoms with E-state index in [2.05, 4.69) is 57.3 Å². The van der Waals surface area contributed by atoms with Crippen molar-refractivity contribution in [2.45, 2.75) is 32.2 Å². The zero-order valence-corrected chi connectivity index (χ0v) is 19.7. The number of carbonyl (C=O) groups excluding carboxylic acids is 1. The SMILES string of the molecule is O=C(/C=C/c1cccnc1)NCCCCCCn1c(-c2ccccc2)cc2cc3c(cc21)OCO3. The molecular weight excluding hydrogens is 438 g/mol. The summed E-state index contributed by atoms with van der Waals surface area (Å²) in [5.74, 6) is 1.55. The molecule has 0 saturated carbocycles. The van der Waals surface area contributed by atoms with Crippen LogP contribution in [0.4, 0.5) is 0 Å². The minimum Gasteiger partial charge on any atom is -0.454 e. The average Bonchev–Trinajstić information content (AvgIpc) is 3.50. The molecule has 5 rings (SSSR count). The lowest BCUT2D eigenvalue weighted by Crippen LogP contribution is -2.21. The Morgan fingerprint density at radius 2 is 1.80 bits per heavy atom. The number of aryl methyl sites for hydroxylation is 1. The predicted molar refractivity (Wildman–Crippen MR) is 138 cm³/mol. The molecular formula is C29H29N3O3. The van der Waals surface area contributed by atoms with Gasteiger partial charge < -0.3 is 19.4 Å². The molecule has 6 heteroatoms. The number of benzene rings is 2. The van der Waals surface area contributed by atoms with Crippen LogP contribution in [-0.4, -0.2) is 28.8 Å². The summed E-state index contributed by atoms with van der Waals surface area (Å²) in [4.78, 5) is 16.0. The van der Waals surface area contributed by atoms with Crippen LogP contribution in [-0.2, 0) is 11.3 Å². The molecule has 0 spiro atoms. The zero-order chi connectivity index (χ0) is 23.9. The van der Waals surface area contributed by atoms with Gasteiger partial charge in [-0.15, -0.1) is 0 Å². The van der Waals surface area contributed by atoms with Crippen LogP contribution in [0.1, 0.15) is 31.2 Å². The number of hydrogen-bond donors (Lipinski definition) is 1. The topological polar surface area (TPSA) is 65.4 Å². The van der Waals surface area contributed by atoms with Crippen LogP contribution < -0.4 is 14.8 Å². The van der Waals surface area contributed by atoms with Gasteiger partial charge >= 0.3 is 0 Å². The lowest BCUT2D eigenvalue weighted by atomic mass is 10.1. The molecule has 0 unspecified atom stereocenters. The van der Waals surface area contributed by atoms with Crippen LogP contribution in [0, 0.1) is 0 Å². The molecule has 0 bridgehead atoms. The Bertz CT molecular complexity index is 1310. The van der Waals surface area contributed by atoms with Gasteiger partial charge in [-0.05, 0) is 48.2 Å². The normalized spacial score (nSPS) is 12.5. The molecule has 178 valence electrons. The Morgan fingerprint density at radius 1 is 0.971 bits per heavy atom. The quantitative estimate of drug-likeness (QED) is 0.236. The number of carbonyl (C=O) groups is 1. The molecule has 1 amide bonds. The molecule has 0 fully saturated rings. The first kappa shape index (κ1) is 22.7. The Hall–Kier alpha value is -4.06. The standard InChI is InChI=1S/C29H29N3O3/c33-29(13-12-22-9-8-14-30-20-22)31-15-6-1-2-7-16-32-25(23-10-4-3-5-11-23)17-24-18-27-28(19-26(24)32)35-21-34-27/h3-5,8-14,17-20H,1-2,6-7,15-16,21H2,(H,31,33)/b13-12+. The van der Waals surface area contributed by atoms with Crippen LogP contribution in [0.5, 0.6) is 11.5 Å². The lowest BCUT2D eigenvalue weighted by molar-refractivity contribution is -0.116. The molecule has 0 radical (unpaired) electrons. The number of rotatable bonds is 10.